The molecule has 228 valence electrons. The maximum absolute atomic E-state index is 13.8. The Morgan fingerprint density at radius 1 is 0.860 bits per heavy atom. The molecule has 1 fully saturated rings. The standard InChI is InChI=1S/C35H41NO7/c1-35(2)42-24-30(43-35)23-41-34(40)29(21-27-16-10-5-11-17-27)22-28(20-26-14-8-4-9-15-26)32(37)36-31(33(38)39)19-18-25-12-6-3-7-13-25/h3-17,28-31H,18-24H2,1-2H3,(H,36,37)(H,38,39)/t28?,29-,30-,31+/m1/s1. The lowest BCUT2D eigenvalue weighted by Gasteiger charge is -2.25. The molecular weight excluding hydrogens is 546 g/mol. The quantitative estimate of drug-likeness (QED) is 0.241. The second kappa shape index (κ2) is 15.5. The van der Waals surface area contributed by atoms with E-state index >= 15 is 0 Å². The fourth-order valence-electron chi connectivity index (χ4n) is 5.33. The zero-order chi connectivity index (χ0) is 30.7. The summed E-state index contributed by atoms with van der Waals surface area (Å²) in [7, 11) is 0. The van der Waals surface area contributed by atoms with Gasteiger partial charge in [-0.3, -0.25) is 9.59 Å². The highest BCUT2D eigenvalue weighted by Crippen LogP contribution is 2.26. The molecule has 4 rings (SSSR count). The van der Waals surface area contributed by atoms with Crippen molar-refractivity contribution < 1.29 is 33.7 Å². The minimum absolute atomic E-state index is 0.0453. The molecule has 1 aliphatic rings. The predicted octanol–water partition coefficient (Wildman–Crippen LogP) is 4.99. The summed E-state index contributed by atoms with van der Waals surface area (Å²) in [5.41, 5.74) is 2.86. The summed E-state index contributed by atoms with van der Waals surface area (Å²) in [4.78, 5) is 39.4. The predicted molar refractivity (Wildman–Crippen MR) is 162 cm³/mol. The number of hydrogen-bond acceptors (Lipinski definition) is 6. The van der Waals surface area contributed by atoms with Gasteiger partial charge in [-0.25, -0.2) is 4.79 Å². The van der Waals surface area contributed by atoms with Gasteiger partial charge < -0.3 is 24.6 Å². The van der Waals surface area contributed by atoms with Crippen LogP contribution in [0.1, 0.15) is 43.4 Å². The van der Waals surface area contributed by atoms with E-state index in [1.807, 2.05) is 105 Å². The first-order valence-corrected chi connectivity index (χ1v) is 14.8. The van der Waals surface area contributed by atoms with E-state index in [9.17, 15) is 19.5 Å². The lowest BCUT2D eigenvalue weighted by molar-refractivity contribution is -0.162. The lowest BCUT2D eigenvalue weighted by atomic mass is 9.85. The smallest absolute Gasteiger partial charge is 0.326 e. The number of amides is 1. The highest BCUT2D eigenvalue weighted by Gasteiger charge is 2.35. The van der Waals surface area contributed by atoms with Gasteiger partial charge in [-0.2, -0.15) is 0 Å². The van der Waals surface area contributed by atoms with E-state index in [2.05, 4.69) is 5.32 Å². The minimum Gasteiger partial charge on any atom is -0.480 e. The van der Waals surface area contributed by atoms with Crippen LogP contribution in [0.3, 0.4) is 0 Å². The molecule has 1 saturated heterocycles. The first kappa shape index (κ1) is 31.9. The SMILES string of the molecule is CC1(C)OC[C@@H](COC(=O)[C@H](Cc2ccccc2)CC(Cc2ccccc2)C(=O)N[C@@H](CCc2ccccc2)C(=O)O)O1. The average molecular weight is 588 g/mol. The van der Waals surface area contributed by atoms with Crippen LogP contribution in [0.25, 0.3) is 0 Å². The highest BCUT2D eigenvalue weighted by atomic mass is 16.7. The fourth-order valence-corrected chi connectivity index (χ4v) is 5.33. The van der Waals surface area contributed by atoms with Gasteiger partial charge in [0.2, 0.25) is 5.91 Å². The molecule has 1 amide bonds. The van der Waals surface area contributed by atoms with Crippen LogP contribution in [-0.4, -0.2) is 54.1 Å². The zero-order valence-corrected chi connectivity index (χ0v) is 24.8. The van der Waals surface area contributed by atoms with Crippen molar-refractivity contribution in [3.8, 4) is 0 Å². The Bertz CT molecular complexity index is 1310. The van der Waals surface area contributed by atoms with Crippen molar-refractivity contribution in [3.05, 3.63) is 108 Å². The van der Waals surface area contributed by atoms with Gasteiger partial charge in [0, 0.05) is 5.92 Å². The number of carbonyl (C=O) groups excluding carboxylic acids is 2. The maximum Gasteiger partial charge on any atom is 0.326 e. The molecule has 0 saturated carbocycles. The average Bonchev–Trinajstić information content (AvgIpc) is 3.36. The number of carbonyl (C=O) groups is 3. The Morgan fingerprint density at radius 2 is 1.40 bits per heavy atom. The Morgan fingerprint density at radius 3 is 1.91 bits per heavy atom. The van der Waals surface area contributed by atoms with E-state index in [0.29, 0.717) is 25.9 Å². The van der Waals surface area contributed by atoms with Crippen LogP contribution in [0, 0.1) is 11.8 Å². The largest absolute Gasteiger partial charge is 0.480 e. The summed E-state index contributed by atoms with van der Waals surface area (Å²) in [6.45, 7) is 3.99. The van der Waals surface area contributed by atoms with Crippen molar-refractivity contribution in [2.75, 3.05) is 13.2 Å². The van der Waals surface area contributed by atoms with E-state index in [-0.39, 0.29) is 25.6 Å². The molecule has 0 radical (unpaired) electrons. The number of aryl methyl sites for hydroxylation is 1. The van der Waals surface area contributed by atoms with Crippen molar-refractivity contribution in [1.82, 2.24) is 5.32 Å². The van der Waals surface area contributed by atoms with Crippen LogP contribution < -0.4 is 5.32 Å². The number of nitrogens with one attached hydrogen (secondary N) is 1. The first-order chi connectivity index (χ1) is 20.7. The summed E-state index contributed by atoms with van der Waals surface area (Å²) in [5.74, 6) is -3.95. The summed E-state index contributed by atoms with van der Waals surface area (Å²) in [5, 5.41) is 12.7. The second-order valence-electron chi connectivity index (χ2n) is 11.5. The number of benzene rings is 3. The van der Waals surface area contributed by atoms with E-state index < -0.39 is 41.5 Å². The van der Waals surface area contributed by atoms with Crippen molar-refractivity contribution in [2.45, 2.75) is 63.9 Å². The monoisotopic (exact) mass is 587 g/mol. The summed E-state index contributed by atoms with van der Waals surface area (Å²) in [6, 6.07) is 27.6. The highest BCUT2D eigenvalue weighted by molar-refractivity contribution is 5.85. The topological polar surface area (TPSA) is 111 Å². The van der Waals surface area contributed by atoms with Crippen LogP contribution in [0.15, 0.2) is 91.0 Å². The molecule has 3 aromatic rings. The van der Waals surface area contributed by atoms with Crippen LogP contribution in [0.4, 0.5) is 0 Å². The number of carboxylic acids is 1. The number of ether oxygens (including phenoxy) is 3. The zero-order valence-electron chi connectivity index (χ0n) is 24.8. The molecular formula is C35H41NO7. The van der Waals surface area contributed by atoms with Crippen molar-refractivity contribution in [2.24, 2.45) is 11.8 Å². The summed E-state index contributed by atoms with van der Waals surface area (Å²) in [6.07, 6.45) is 1.30. The number of rotatable bonds is 15. The van der Waals surface area contributed by atoms with Crippen molar-refractivity contribution in [1.29, 1.82) is 0 Å². The molecule has 4 atom stereocenters. The van der Waals surface area contributed by atoms with E-state index in [0.717, 1.165) is 16.7 Å². The van der Waals surface area contributed by atoms with Gasteiger partial charge in [0.05, 0.1) is 12.5 Å². The van der Waals surface area contributed by atoms with Crippen molar-refractivity contribution in [3.63, 3.8) is 0 Å². The van der Waals surface area contributed by atoms with Gasteiger partial charge in [0.1, 0.15) is 18.8 Å². The minimum atomic E-state index is -1.09. The molecule has 8 nitrogen and oxygen atoms in total. The molecule has 0 aromatic heterocycles. The Balaban J connectivity index is 1.50. The third-order valence-corrected chi connectivity index (χ3v) is 7.58. The van der Waals surface area contributed by atoms with Crippen LogP contribution in [0.5, 0.6) is 0 Å². The Labute approximate surface area is 253 Å². The third kappa shape index (κ3) is 10.3. The third-order valence-electron chi connectivity index (χ3n) is 7.58. The van der Waals surface area contributed by atoms with Gasteiger partial charge >= 0.3 is 11.9 Å². The van der Waals surface area contributed by atoms with Crippen LogP contribution in [0.2, 0.25) is 0 Å². The molecule has 1 heterocycles. The van der Waals surface area contributed by atoms with E-state index in [1.165, 1.54) is 0 Å². The molecule has 1 unspecified atom stereocenters. The van der Waals surface area contributed by atoms with Crippen LogP contribution in [-0.2, 0) is 47.9 Å². The molecule has 8 heteroatoms. The van der Waals surface area contributed by atoms with Gasteiger partial charge in [-0.15, -0.1) is 0 Å². The van der Waals surface area contributed by atoms with Crippen molar-refractivity contribution >= 4 is 17.8 Å². The normalized spacial score (nSPS) is 17.9. The van der Waals surface area contributed by atoms with Crippen LogP contribution >= 0.6 is 0 Å². The van der Waals surface area contributed by atoms with Gasteiger partial charge in [-0.1, -0.05) is 91.0 Å². The number of carboxylic acid groups (broad SMARTS) is 1. The molecule has 1 aliphatic heterocycles. The molecule has 3 aromatic carbocycles. The second-order valence-corrected chi connectivity index (χ2v) is 11.5. The first-order valence-electron chi connectivity index (χ1n) is 14.8. The van der Waals surface area contributed by atoms with E-state index in [1.54, 1.807) is 0 Å². The molecule has 0 bridgehead atoms. The van der Waals surface area contributed by atoms with Gasteiger partial charge in [-0.05, 0) is 62.6 Å². The number of aliphatic carboxylic acids is 1. The summed E-state index contributed by atoms with van der Waals surface area (Å²) < 4.78 is 17.1. The van der Waals surface area contributed by atoms with Gasteiger partial charge in [0.15, 0.2) is 5.79 Å². The maximum atomic E-state index is 13.8. The molecule has 0 spiro atoms. The molecule has 0 aliphatic carbocycles. The Kier molecular flexibility index (Phi) is 11.5. The fraction of sp³-hybridized carbons (Fsp3) is 0.400. The lowest BCUT2D eigenvalue weighted by Crippen LogP contribution is -2.45. The van der Waals surface area contributed by atoms with Gasteiger partial charge in [0.25, 0.3) is 0 Å². The number of hydrogen-bond donors (Lipinski definition) is 2. The summed E-state index contributed by atoms with van der Waals surface area (Å²) >= 11 is 0. The Hall–Kier alpha value is -4.01. The van der Waals surface area contributed by atoms with E-state index in [4.69, 9.17) is 14.2 Å². The number of esters is 1. The molecule has 2 N–H and O–H groups in total. The molecule has 43 heavy (non-hydrogen) atoms.